The van der Waals surface area contributed by atoms with Gasteiger partial charge in [0, 0.05) is 31.3 Å². The molecule has 0 aliphatic heterocycles. The molecule has 3 aliphatic rings. The third-order valence-electron chi connectivity index (χ3n) is 9.01. The van der Waals surface area contributed by atoms with E-state index in [9.17, 15) is 34.8 Å². The minimum absolute atomic E-state index is 0.0538. The van der Waals surface area contributed by atoms with E-state index in [0.717, 1.165) is 24.1 Å². The van der Waals surface area contributed by atoms with Crippen LogP contribution in [0.3, 0.4) is 0 Å². The van der Waals surface area contributed by atoms with Gasteiger partial charge in [-0.1, -0.05) is 30.3 Å². The summed E-state index contributed by atoms with van der Waals surface area (Å²) in [6.45, 7) is 0. The Morgan fingerprint density at radius 1 is 1.05 bits per heavy atom. The van der Waals surface area contributed by atoms with Crippen molar-refractivity contribution in [2.24, 2.45) is 17.6 Å². The van der Waals surface area contributed by atoms with Gasteiger partial charge in [-0.15, -0.1) is 0 Å². The van der Waals surface area contributed by atoms with Gasteiger partial charge in [-0.3, -0.25) is 19.3 Å². The van der Waals surface area contributed by atoms with E-state index in [1.54, 1.807) is 14.1 Å². The number of benzene rings is 2. The minimum Gasteiger partial charge on any atom is -0.508 e. The summed E-state index contributed by atoms with van der Waals surface area (Å²) < 4.78 is 0. The second-order valence-corrected chi connectivity index (χ2v) is 12.0. The summed E-state index contributed by atoms with van der Waals surface area (Å²) in [6, 6.07) is 10.8. The van der Waals surface area contributed by atoms with Gasteiger partial charge in [0.25, 0.3) is 5.91 Å². The number of nitrogens with zero attached hydrogens (tertiary/aromatic N) is 2. The van der Waals surface area contributed by atoms with Crippen LogP contribution in [0.4, 0.5) is 5.69 Å². The molecule has 42 heavy (non-hydrogen) atoms. The van der Waals surface area contributed by atoms with Crippen LogP contribution in [0.1, 0.15) is 35.1 Å². The van der Waals surface area contributed by atoms with Gasteiger partial charge in [0.2, 0.25) is 5.78 Å². The van der Waals surface area contributed by atoms with Crippen LogP contribution in [0.15, 0.2) is 53.3 Å². The maximum atomic E-state index is 14.1. The van der Waals surface area contributed by atoms with Crippen molar-refractivity contribution in [1.29, 1.82) is 0 Å². The van der Waals surface area contributed by atoms with Crippen LogP contribution >= 0.6 is 0 Å². The molecular weight excluding hydrogens is 538 g/mol. The van der Waals surface area contributed by atoms with Gasteiger partial charge in [0.15, 0.2) is 11.4 Å². The number of amides is 1. The second kappa shape index (κ2) is 10.6. The Balaban J connectivity index is 1.63. The number of aliphatic hydroxyl groups excluding tert-OH is 2. The lowest BCUT2D eigenvalue weighted by Gasteiger charge is -2.50. The SMILES string of the molecule is CN(C)c1cc(CCCc2ccccc2)c(O)c2c1C[C@H]1C[C@H]3[C@@H](N(C)C)C(=O)C(C(N)=O)=C(O)[C@@]3(O)C(=O)C1=C2O. The first-order valence-electron chi connectivity index (χ1n) is 14.0. The molecule has 0 saturated heterocycles. The monoisotopic (exact) mass is 575 g/mol. The number of fused-ring (bicyclic) bond motifs is 3. The van der Waals surface area contributed by atoms with Crippen LogP contribution < -0.4 is 10.6 Å². The van der Waals surface area contributed by atoms with Crippen molar-refractivity contribution in [1.82, 2.24) is 4.90 Å². The zero-order valence-corrected chi connectivity index (χ0v) is 24.2. The van der Waals surface area contributed by atoms with E-state index in [1.165, 1.54) is 4.90 Å². The van der Waals surface area contributed by atoms with Gasteiger partial charge in [-0.05, 0) is 74.9 Å². The Bertz CT molecular complexity index is 1540. The molecule has 0 unspecified atom stereocenters. The molecule has 5 rings (SSSR count). The van der Waals surface area contributed by atoms with E-state index in [2.05, 4.69) is 0 Å². The molecule has 1 fully saturated rings. The summed E-state index contributed by atoms with van der Waals surface area (Å²) in [6.07, 6.45) is 2.34. The lowest BCUT2D eigenvalue weighted by atomic mass is 9.57. The summed E-state index contributed by atoms with van der Waals surface area (Å²) in [5.74, 6) is -6.47. The third-order valence-corrected chi connectivity index (χ3v) is 9.01. The van der Waals surface area contributed by atoms with E-state index in [-0.39, 0.29) is 29.7 Å². The number of ketones is 2. The Morgan fingerprint density at radius 3 is 2.31 bits per heavy atom. The van der Waals surface area contributed by atoms with Crippen molar-refractivity contribution in [3.63, 3.8) is 0 Å². The number of phenols is 1. The summed E-state index contributed by atoms with van der Waals surface area (Å²) >= 11 is 0. The fraction of sp³-hybridized carbons (Fsp3) is 0.406. The number of nitrogens with two attached hydrogens (primary N) is 1. The number of likely N-dealkylation sites (N-methyl/N-ethyl adjacent to an activating group) is 1. The molecule has 4 atom stereocenters. The Morgan fingerprint density at radius 2 is 1.71 bits per heavy atom. The Hall–Kier alpha value is -4.15. The zero-order valence-electron chi connectivity index (χ0n) is 24.2. The fourth-order valence-corrected chi connectivity index (χ4v) is 7.06. The number of aromatic hydroxyl groups is 1. The number of carbonyl (C=O) groups is 3. The number of aryl methyl sites for hydroxylation is 2. The molecule has 0 heterocycles. The molecule has 0 radical (unpaired) electrons. The molecule has 2 aromatic rings. The molecule has 0 aromatic heterocycles. The van der Waals surface area contributed by atoms with Crippen LogP contribution in [0.25, 0.3) is 5.76 Å². The quantitative estimate of drug-likeness (QED) is 0.311. The maximum absolute atomic E-state index is 14.1. The van der Waals surface area contributed by atoms with E-state index in [4.69, 9.17) is 5.73 Å². The van der Waals surface area contributed by atoms with Crippen molar-refractivity contribution in [2.45, 2.75) is 43.7 Å². The van der Waals surface area contributed by atoms with Crippen molar-refractivity contribution in [2.75, 3.05) is 33.1 Å². The van der Waals surface area contributed by atoms with Crippen LogP contribution in [0, 0.1) is 11.8 Å². The van der Waals surface area contributed by atoms with Crippen LogP contribution in [-0.2, 0) is 33.6 Å². The third kappa shape index (κ3) is 4.37. The average molecular weight is 576 g/mol. The number of carbonyl (C=O) groups excluding carboxylic acids is 3. The van der Waals surface area contributed by atoms with Crippen LogP contribution in [0.2, 0.25) is 0 Å². The van der Waals surface area contributed by atoms with Gasteiger partial charge in [0.1, 0.15) is 22.8 Å². The van der Waals surface area contributed by atoms with E-state index in [0.29, 0.717) is 17.5 Å². The topological polar surface area (TPSA) is 165 Å². The van der Waals surface area contributed by atoms with Crippen molar-refractivity contribution in [3.8, 4) is 5.75 Å². The Labute approximate surface area is 244 Å². The number of hydrogen-bond donors (Lipinski definition) is 5. The van der Waals surface area contributed by atoms with Crippen molar-refractivity contribution in [3.05, 3.63) is 75.6 Å². The molecule has 10 nitrogen and oxygen atoms in total. The molecule has 3 aliphatic carbocycles. The number of rotatable bonds is 7. The number of phenolic OH excluding ortho intramolecular Hbond substituents is 1. The van der Waals surface area contributed by atoms with Gasteiger partial charge in [-0.25, -0.2) is 0 Å². The minimum atomic E-state index is -2.65. The zero-order chi connectivity index (χ0) is 30.7. The number of anilines is 1. The largest absolute Gasteiger partial charge is 0.508 e. The number of primary amides is 1. The van der Waals surface area contributed by atoms with Gasteiger partial charge in [0.05, 0.1) is 11.6 Å². The molecule has 10 heteroatoms. The fourth-order valence-electron chi connectivity index (χ4n) is 7.06. The second-order valence-electron chi connectivity index (χ2n) is 12.0. The lowest BCUT2D eigenvalue weighted by Crippen LogP contribution is -2.65. The lowest BCUT2D eigenvalue weighted by molar-refractivity contribution is -0.153. The van der Waals surface area contributed by atoms with Gasteiger partial charge >= 0.3 is 0 Å². The van der Waals surface area contributed by atoms with E-state index in [1.807, 2.05) is 55.4 Å². The van der Waals surface area contributed by atoms with Crippen molar-refractivity contribution >= 4 is 28.9 Å². The molecule has 0 bridgehead atoms. The summed E-state index contributed by atoms with van der Waals surface area (Å²) in [5, 5.41) is 45.9. The first kappa shape index (κ1) is 29.3. The van der Waals surface area contributed by atoms with E-state index >= 15 is 0 Å². The summed E-state index contributed by atoms with van der Waals surface area (Å²) in [5.41, 5.74) is 5.08. The normalized spacial score (nSPS) is 25.3. The molecule has 0 spiro atoms. The smallest absolute Gasteiger partial charge is 0.255 e. The summed E-state index contributed by atoms with van der Waals surface area (Å²) in [4.78, 5) is 42.9. The first-order valence-corrected chi connectivity index (χ1v) is 14.0. The number of aliphatic hydroxyl groups is 3. The highest BCUT2D eigenvalue weighted by molar-refractivity contribution is 6.24. The van der Waals surface area contributed by atoms with Gasteiger partial charge in [-0.2, -0.15) is 0 Å². The summed E-state index contributed by atoms with van der Waals surface area (Å²) in [7, 11) is 6.87. The molecule has 6 N–H and O–H groups in total. The highest BCUT2D eigenvalue weighted by Crippen LogP contribution is 2.54. The number of Topliss-reactive ketones (excluding diaryl/α,β-unsaturated/α-hetero) is 2. The average Bonchev–Trinajstić information content (AvgIpc) is 2.92. The molecule has 222 valence electrons. The highest BCUT2D eigenvalue weighted by Gasteiger charge is 2.64. The first-order chi connectivity index (χ1) is 19.8. The molecule has 1 amide bonds. The van der Waals surface area contributed by atoms with E-state index < -0.39 is 58.0 Å². The van der Waals surface area contributed by atoms with Crippen LogP contribution in [0.5, 0.6) is 5.75 Å². The standard InChI is InChI=1S/C32H37N3O7/c1-34(2)21-15-17(12-8-11-16-9-6-5-7-10-16)26(36)23-19(21)13-18-14-20-25(35(3)4)28(38)24(31(33)41)30(40)32(20,42)29(39)22(18)27(23)37/h5-7,9-10,15,18,20,25,36-37,40,42H,8,11-14H2,1-4H3,(H2,33,41)/t18-,20-,25+,32-/m0/s1. The van der Waals surface area contributed by atoms with Crippen LogP contribution in [-0.4, -0.2) is 82.6 Å². The predicted octanol–water partition coefficient (Wildman–Crippen LogP) is 2.21. The molecule has 2 aromatic carbocycles. The highest BCUT2D eigenvalue weighted by atomic mass is 16.3. The maximum Gasteiger partial charge on any atom is 0.255 e. The van der Waals surface area contributed by atoms with Crippen molar-refractivity contribution < 1.29 is 34.8 Å². The molecular formula is C32H37N3O7. The number of hydrogen-bond acceptors (Lipinski definition) is 9. The van der Waals surface area contributed by atoms with Gasteiger partial charge < -0.3 is 31.1 Å². The Kier molecular flexibility index (Phi) is 7.40. The predicted molar refractivity (Wildman–Crippen MR) is 157 cm³/mol. The molecule has 1 saturated carbocycles.